The molecule has 0 atom stereocenters. The Hall–Kier alpha value is -2.85. The largest absolute Gasteiger partial charge is 0.383 e. The van der Waals surface area contributed by atoms with Crippen molar-refractivity contribution in [2.75, 3.05) is 17.2 Å². The van der Waals surface area contributed by atoms with Crippen LogP contribution in [-0.4, -0.2) is 17.4 Å². The summed E-state index contributed by atoms with van der Waals surface area (Å²) < 4.78 is 0. The summed E-state index contributed by atoms with van der Waals surface area (Å²) in [5.41, 5.74) is 5.51. The second kappa shape index (κ2) is 8.69. The molecule has 138 valence electrons. The lowest BCUT2D eigenvalue weighted by atomic mass is 10.1. The van der Waals surface area contributed by atoms with E-state index in [-0.39, 0.29) is 5.91 Å². The Morgan fingerprint density at radius 3 is 2.70 bits per heavy atom. The third-order valence-electron chi connectivity index (χ3n) is 4.49. The second-order valence-electron chi connectivity index (χ2n) is 6.47. The molecule has 4 nitrogen and oxygen atoms in total. The molecule has 0 aliphatic rings. The van der Waals surface area contributed by atoms with Gasteiger partial charge >= 0.3 is 0 Å². The number of benzene rings is 2. The number of hydrogen-bond acceptors (Lipinski definition) is 3. The Labute approximate surface area is 164 Å². The van der Waals surface area contributed by atoms with Gasteiger partial charge in [-0.1, -0.05) is 35.9 Å². The SMILES string of the molecule is Cc1cccc(NC(=O)c2cncc(NCCc3cccc(Cl)c3)c2)c1C. The van der Waals surface area contributed by atoms with E-state index in [9.17, 15) is 4.79 Å². The molecule has 3 aromatic rings. The summed E-state index contributed by atoms with van der Waals surface area (Å²) in [6, 6.07) is 15.5. The molecule has 0 radical (unpaired) electrons. The number of pyridine rings is 1. The van der Waals surface area contributed by atoms with Gasteiger partial charge in [-0.15, -0.1) is 0 Å². The number of hydrogen-bond donors (Lipinski definition) is 2. The van der Waals surface area contributed by atoms with Crippen LogP contribution < -0.4 is 10.6 Å². The fraction of sp³-hybridized carbons (Fsp3) is 0.182. The molecule has 0 spiro atoms. The Bertz CT molecular complexity index is 956. The number of nitrogens with zero attached hydrogens (tertiary/aromatic N) is 1. The van der Waals surface area contributed by atoms with Gasteiger partial charge in [-0.2, -0.15) is 0 Å². The maximum Gasteiger partial charge on any atom is 0.257 e. The van der Waals surface area contributed by atoms with E-state index in [1.165, 1.54) is 0 Å². The number of anilines is 2. The van der Waals surface area contributed by atoms with Crippen molar-refractivity contribution in [3.63, 3.8) is 0 Å². The monoisotopic (exact) mass is 379 g/mol. The molecule has 27 heavy (non-hydrogen) atoms. The average molecular weight is 380 g/mol. The number of nitrogens with one attached hydrogen (secondary N) is 2. The molecular formula is C22H22ClN3O. The van der Waals surface area contributed by atoms with Gasteiger partial charge in [0.1, 0.15) is 0 Å². The first kappa shape index (κ1) is 18.9. The fourth-order valence-corrected chi connectivity index (χ4v) is 3.00. The highest BCUT2D eigenvalue weighted by atomic mass is 35.5. The Morgan fingerprint density at radius 1 is 1.07 bits per heavy atom. The van der Waals surface area contributed by atoms with Crippen LogP contribution in [-0.2, 0) is 6.42 Å². The quantitative estimate of drug-likeness (QED) is 0.614. The van der Waals surface area contributed by atoms with Crippen LogP contribution in [0.1, 0.15) is 27.0 Å². The molecule has 2 aromatic carbocycles. The van der Waals surface area contributed by atoms with Gasteiger partial charge in [-0.05, 0) is 61.2 Å². The molecule has 0 bridgehead atoms. The molecule has 0 saturated carbocycles. The molecule has 0 saturated heterocycles. The summed E-state index contributed by atoms with van der Waals surface area (Å²) in [6.45, 7) is 4.75. The van der Waals surface area contributed by atoms with E-state index < -0.39 is 0 Å². The van der Waals surface area contributed by atoms with Crippen LogP contribution in [0.25, 0.3) is 0 Å². The number of amides is 1. The van der Waals surface area contributed by atoms with Crippen molar-refractivity contribution in [1.82, 2.24) is 4.98 Å². The second-order valence-corrected chi connectivity index (χ2v) is 6.91. The Kier molecular flexibility index (Phi) is 6.09. The molecule has 1 amide bonds. The van der Waals surface area contributed by atoms with Crippen LogP contribution in [0.4, 0.5) is 11.4 Å². The first-order chi connectivity index (χ1) is 13.0. The molecule has 3 rings (SSSR count). The van der Waals surface area contributed by atoms with Crippen molar-refractivity contribution in [2.45, 2.75) is 20.3 Å². The third-order valence-corrected chi connectivity index (χ3v) is 4.72. The van der Waals surface area contributed by atoms with Gasteiger partial charge in [0, 0.05) is 29.6 Å². The minimum Gasteiger partial charge on any atom is -0.383 e. The number of aryl methyl sites for hydroxylation is 1. The van der Waals surface area contributed by atoms with Crippen molar-refractivity contribution in [3.05, 3.63) is 88.2 Å². The number of halogens is 1. The summed E-state index contributed by atoms with van der Waals surface area (Å²) >= 11 is 6.01. The van der Waals surface area contributed by atoms with Crippen molar-refractivity contribution < 1.29 is 4.79 Å². The average Bonchev–Trinajstić information content (AvgIpc) is 2.66. The molecule has 0 unspecified atom stereocenters. The molecule has 1 heterocycles. The highest BCUT2D eigenvalue weighted by Crippen LogP contribution is 2.19. The van der Waals surface area contributed by atoms with Gasteiger partial charge in [0.05, 0.1) is 11.3 Å². The van der Waals surface area contributed by atoms with E-state index in [1.807, 2.05) is 62.4 Å². The zero-order chi connectivity index (χ0) is 19.2. The summed E-state index contributed by atoms with van der Waals surface area (Å²) in [6.07, 6.45) is 4.12. The minimum absolute atomic E-state index is 0.172. The van der Waals surface area contributed by atoms with Gasteiger partial charge in [0.25, 0.3) is 5.91 Å². The topological polar surface area (TPSA) is 54.0 Å². The lowest BCUT2D eigenvalue weighted by Gasteiger charge is -2.11. The number of aromatic nitrogens is 1. The van der Waals surface area contributed by atoms with Crippen molar-refractivity contribution in [2.24, 2.45) is 0 Å². The number of carbonyl (C=O) groups is 1. The van der Waals surface area contributed by atoms with Crippen LogP contribution in [0.3, 0.4) is 0 Å². The van der Waals surface area contributed by atoms with Crippen molar-refractivity contribution in [1.29, 1.82) is 0 Å². The van der Waals surface area contributed by atoms with Crippen molar-refractivity contribution >= 4 is 28.9 Å². The molecule has 1 aromatic heterocycles. The lowest BCUT2D eigenvalue weighted by molar-refractivity contribution is 0.102. The maximum absolute atomic E-state index is 12.6. The highest BCUT2D eigenvalue weighted by Gasteiger charge is 2.10. The summed E-state index contributed by atoms with van der Waals surface area (Å²) in [4.78, 5) is 16.8. The van der Waals surface area contributed by atoms with E-state index in [2.05, 4.69) is 15.6 Å². The standard InChI is InChI=1S/C22H22ClN3O/c1-15-5-3-8-21(16(15)2)26-22(27)18-12-20(14-24-13-18)25-10-9-17-6-4-7-19(23)11-17/h3-8,11-14,25H,9-10H2,1-2H3,(H,26,27). The first-order valence-corrected chi connectivity index (χ1v) is 9.21. The van der Waals surface area contributed by atoms with Crippen LogP contribution in [0.15, 0.2) is 60.9 Å². The van der Waals surface area contributed by atoms with Gasteiger partial charge in [0.15, 0.2) is 0 Å². The Morgan fingerprint density at radius 2 is 1.89 bits per heavy atom. The van der Waals surface area contributed by atoms with Gasteiger partial charge in [-0.25, -0.2) is 0 Å². The van der Waals surface area contributed by atoms with Crippen LogP contribution >= 0.6 is 11.6 Å². The molecule has 0 fully saturated rings. The summed E-state index contributed by atoms with van der Waals surface area (Å²) in [5, 5.41) is 7.00. The molecular weight excluding hydrogens is 358 g/mol. The van der Waals surface area contributed by atoms with Gasteiger partial charge < -0.3 is 10.6 Å². The molecule has 5 heteroatoms. The first-order valence-electron chi connectivity index (χ1n) is 8.84. The third kappa shape index (κ3) is 5.08. The Balaban J connectivity index is 1.62. The van der Waals surface area contributed by atoms with Crippen LogP contribution in [0.2, 0.25) is 5.02 Å². The van der Waals surface area contributed by atoms with Gasteiger partial charge in [0.2, 0.25) is 0 Å². The fourth-order valence-electron chi connectivity index (χ4n) is 2.79. The minimum atomic E-state index is -0.172. The summed E-state index contributed by atoms with van der Waals surface area (Å²) in [5.74, 6) is -0.172. The maximum atomic E-state index is 12.6. The number of rotatable bonds is 6. The highest BCUT2D eigenvalue weighted by molar-refractivity contribution is 6.30. The normalized spacial score (nSPS) is 10.5. The smallest absolute Gasteiger partial charge is 0.257 e. The molecule has 0 aliphatic carbocycles. The van der Waals surface area contributed by atoms with E-state index in [4.69, 9.17) is 11.6 Å². The molecule has 0 aliphatic heterocycles. The van der Waals surface area contributed by atoms with Crippen LogP contribution in [0, 0.1) is 13.8 Å². The predicted octanol–water partition coefficient (Wildman–Crippen LogP) is 5.26. The summed E-state index contributed by atoms with van der Waals surface area (Å²) in [7, 11) is 0. The van der Waals surface area contributed by atoms with Crippen molar-refractivity contribution in [3.8, 4) is 0 Å². The van der Waals surface area contributed by atoms with E-state index in [1.54, 1.807) is 12.4 Å². The lowest BCUT2D eigenvalue weighted by Crippen LogP contribution is -2.14. The van der Waals surface area contributed by atoms with E-state index in [0.29, 0.717) is 5.56 Å². The van der Waals surface area contributed by atoms with Gasteiger partial charge in [-0.3, -0.25) is 9.78 Å². The predicted molar refractivity (Wildman–Crippen MR) is 112 cm³/mol. The zero-order valence-corrected chi connectivity index (χ0v) is 16.2. The zero-order valence-electron chi connectivity index (χ0n) is 15.4. The number of carbonyl (C=O) groups excluding carboxylic acids is 1. The molecule has 2 N–H and O–H groups in total. The van der Waals surface area contributed by atoms with E-state index >= 15 is 0 Å². The van der Waals surface area contributed by atoms with Crippen LogP contribution in [0.5, 0.6) is 0 Å². The van der Waals surface area contributed by atoms with E-state index in [0.717, 1.165) is 46.1 Å².